The molecule has 1 atom stereocenters. The van der Waals surface area contributed by atoms with Crippen molar-refractivity contribution in [3.05, 3.63) is 28.2 Å². The monoisotopic (exact) mass is 464 g/mol. The average Bonchev–Trinajstić information content (AvgIpc) is 3.53. The van der Waals surface area contributed by atoms with Crippen LogP contribution >= 0.6 is 15.9 Å². The summed E-state index contributed by atoms with van der Waals surface area (Å²) in [6.45, 7) is 8.40. The van der Waals surface area contributed by atoms with Crippen molar-refractivity contribution in [3.63, 3.8) is 0 Å². The van der Waals surface area contributed by atoms with Gasteiger partial charge in [-0.15, -0.1) is 0 Å². The zero-order valence-corrected chi connectivity index (χ0v) is 19.0. The van der Waals surface area contributed by atoms with E-state index in [0.717, 1.165) is 56.7 Å². The standard InChI is InChI=1S/C23H33BrN2O3/c1-2-28-21-5-6-22(24)20(12-21)11-17-7-9-25(10-8-17)13-19-15-26(14-18-3-4-18)23(27)29-16-19/h5-6,12,17-19H,2-4,7-11,13-16H2,1H3. The van der Waals surface area contributed by atoms with Crippen molar-refractivity contribution in [2.45, 2.75) is 39.0 Å². The lowest BCUT2D eigenvalue weighted by Gasteiger charge is -2.38. The predicted octanol–water partition coefficient (Wildman–Crippen LogP) is 4.58. The van der Waals surface area contributed by atoms with E-state index in [2.05, 4.69) is 33.0 Å². The van der Waals surface area contributed by atoms with Crippen molar-refractivity contribution in [2.24, 2.45) is 17.8 Å². The molecule has 6 heteroatoms. The summed E-state index contributed by atoms with van der Waals surface area (Å²) in [7, 11) is 0. The van der Waals surface area contributed by atoms with E-state index in [0.29, 0.717) is 19.1 Å². The lowest BCUT2D eigenvalue weighted by Crippen LogP contribution is -2.48. The number of likely N-dealkylation sites (tertiary alicyclic amines) is 1. The van der Waals surface area contributed by atoms with Gasteiger partial charge in [0.05, 0.1) is 13.2 Å². The fourth-order valence-corrected chi connectivity index (χ4v) is 5.01. The number of nitrogens with zero attached hydrogens (tertiary/aromatic N) is 2. The highest BCUT2D eigenvalue weighted by atomic mass is 79.9. The van der Waals surface area contributed by atoms with E-state index in [1.54, 1.807) is 0 Å². The third-order valence-corrected chi connectivity index (χ3v) is 7.19. The highest BCUT2D eigenvalue weighted by Gasteiger charge is 2.33. The van der Waals surface area contributed by atoms with E-state index in [1.807, 2.05) is 17.9 Å². The highest BCUT2D eigenvalue weighted by molar-refractivity contribution is 9.10. The van der Waals surface area contributed by atoms with E-state index in [9.17, 15) is 4.79 Å². The van der Waals surface area contributed by atoms with Crippen molar-refractivity contribution in [2.75, 3.05) is 45.9 Å². The molecule has 0 aromatic heterocycles. The summed E-state index contributed by atoms with van der Waals surface area (Å²) in [5.74, 6) is 2.85. The zero-order chi connectivity index (χ0) is 20.2. The lowest BCUT2D eigenvalue weighted by atomic mass is 9.89. The van der Waals surface area contributed by atoms with Crippen LogP contribution in [-0.2, 0) is 11.2 Å². The molecule has 1 aliphatic carbocycles. The SMILES string of the molecule is CCOc1ccc(Br)c(CC2CCN(CC3COC(=O)N(CC4CC4)C3)CC2)c1. The quantitative estimate of drug-likeness (QED) is 0.564. The summed E-state index contributed by atoms with van der Waals surface area (Å²) in [4.78, 5) is 16.5. The fraction of sp³-hybridized carbons (Fsp3) is 0.696. The molecule has 0 bridgehead atoms. The van der Waals surface area contributed by atoms with Gasteiger partial charge in [-0.25, -0.2) is 4.79 Å². The van der Waals surface area contributed by atoms with E-state index in [1.165, 1.54) is 35.7 Å². The molecule has 29 heavy (non-hydrogen) atoms. The van der Waals surface area contributed by atoms with Gasteiger partial charge in [0.1, 0.15) is 5.75 Å². The molecule has 2 aliphatic heterocycles. The maximum Gasteiger partial charge on any atom is 0.409 e. The molecule has 2 heterocycles. The zero-order valence-electron chi connectivity index (χ0n) is 17.4. The number of hydrogen-bond acceptors (Lipinski definition) is 4. The first-order chi connectivity index (χ1) is 14.1. The van der Waals surface area contributed by atoms with Crippen molar-refractivity contribution in [3.8, 4) is 5.75 Å². The van der Waals surface area contributed by atoms with Crippen LogP contribution in [0.3, 0.4) is 0 Å². The molecule has 3 aliphatic rings. The van der Waals surface area contributed by atoms with Gasteiger partial charge in [0.2, 0.25) is 0 Å². The van der Waals surface area contributed by atoms with Gasteiger partial charge in [-0.05, 0) is 87.7 Å². The van der Waals surface area contributed by atoms with Crippen LogP contribution in [0.4, 0.5) is 4.79 Å². The van der Waals surface area contributed by atoms with Gasteiger partial charge in [-0.3, -0.25) is 0 Å². The molecule has 1 unspecified atom stereocenters. The Morgan fingerprint density at radius 2 is 1.90 bits per heavy atom. The molecule has 1 aromatic rings. The number of hydrogen-bond donors (Lipinski definition) is 0. The van der Waals surface area contributed by atoms with Crippen LogP contribution in [0.1, 0.15) is 38.2 Å². The Labute approximate surface area is 182 Å². The van der Waals surface area contributed by atoms with Crippen LogP contribution in [0.15, 0.2) is 22.7 Å². The maximum atomic E-state index is 12.0. The molecule has 5 nitrogen and oxygen atoms in total. The van der Waals surface area contributed by atoms with Crippen molar-refractivity contribution in [1.29, 1.82) is 0 Å². The minimum atomic E-state index is -0.105. The number of benzene rings is 1. The molecule has 0 radical (unpaired) electrons. The molecular formula is C23H33BrN2O3. The molecule has 160 valence electrons. The van der Waals surface area contributed by atoms with Gasteiger partial charge in [0.15, 0.2) is 0 Å². The second-order valence-electron chi connectivity index (χ2n) is 8.93. The van der Waals surface area contributed by atoms with Gasteiger partial charge in [0, 0.05) is 30.0 Å². The number of rotatable bonds is 8. The largest absolute Gasteiger partial charge is 0.494 e. The maximum absolute atomic E-state index is 12.0. The highest BCUT2D eigenvalue weighted by Crippen LogP contribution is 2.32. The van der Waals surface area contributed by atoms with Gasteiger partial charge in [-0.1, -0.05) is 15.9 Å². The van der Waals surface area contributed by atoms with Gasteiger partial charge in [-0.2, -0.15) is 0 Å². The van der Waals surface area contributed by atoms with Crippen LogP contribution < -0.4 is 4.74 Å². The van der Waals surface area contributed by atoms with Crippen LogP contribution in [-0.4, -0.2) is 61.8 Å². The smallest absolute Gasteiger partial charge is 0.409 e. The molecule has 1 amide bonds. The van der Waals surface area contributed by atoms with Crippen LogP contribution in [0.5, 0.6) is 5.75 Å². The topological polar surface area (TPSA) is 42.0 Å². The average molecular weight is 465 g/mol. The van der Waals surface area contributed by atoms with E-state index >= 15 is 0 Å². The molecule has 2 saturated heterocycles. The molecule has 0 spiro atoms. The predicted molar refractivity (Wildman–Crippen MR) is 117 cm³/mol. The Morgan fingerprint density at radius 1 is 1.10 bits per heavy atom. The number of carbonyl (C=O) groups is 1. The Morgan fingerprint density at radius 3 is 2.62 bits per heavy atom. The molecule has 0 N–H and O–H groups in total. The van der Waals surface area contributed by atoms with Crippen molar-refractivity contribution < 1.29 is 14.3 Å². The molecular weight excluding hydrogens is 432 g/mol. The first-order valence-electron chi connectivity index (χ1n) is 11.2. The van der Waals surface area contributed by atoms with Crippen LogP contribution in [0.2, 0.25) is 0 Å². The number of cyclic esters (lactones) is 1. The second kappa shape index (κ2) is 9.69. The number of halogens is 1. The number of piperidine rings is 1. The van der Waals surface area contributed by atoms with E-state index in [-0.39, 0.29) is 6.09 Å². The molecule has 1 saturated carbocycles. The third-order valence-electron chi connectivity index (χ3n) is 6.42. The van der Waals surface area contributed by atoms with Gasteiger partial charge < -0.3 is 19.3 Å². The number of ether oxygens (including phenoxy) is 2. The summed E-state index contributed by atoms with van der Waals surface area (Å²) in [6, 6.07) is 6.32. The van der Waals surface area contributed by atoms with Gasteiger partial charge >= 0.3 is 6.09 Å². The van der Waals surface area contributed by atoms with Crippen molar-refractivity contribution in [1.82, 2.24) is 9.80 Å². The minimum Gasteiger partial charge on any atom is -0.494 e. The normalized spacial score (nSPS) is 23.9. The number of amides is 1. The fourth-order valence-electron chi connectivity index (χ4n) is 4.60. The lowest BCUT2D eigenvalue weighted by molar-refractivity contribution is 0.0254. The second-order valence-corrected chi connectivity index (χ2v) is 9.78. The Hall–Kier alpha value is -1.27. The molecule has 3 fully saturated rings. The van der Waals surface area contributed by atoms with Crippen LogP contribution in [0.25, 0.3) is 0 Å². The van der Waals surface area contributed by atoms with Gasteiger partial charge in [0.25, 0.3) is 0 Å². The summed E-state index contributed by atoms with van der Waals surface area (Å²) >= 11 is 3.71. The molecule has 4 rings (SSSR count). The Bertz CT molecular complexity index is 701. The van der Waals surface area contributed by atoms with E-state index in [4.69, 9.17) is 9.47 Å². The van der Waals surface area contributed by atoms with Crippen molar-refractivity contribution >= 4 is 22.0 Å². The third kappa shape index (κ3) is 5.88. The first-order valence-corrected chi connectivity index (χ1v) is 11.9. The first kappa shape index (κ1) is 21.0. The summed E-state index contributed by atoms with van der Waals surface area (Å²) < 4.78 is 12.3. The number of carbonyl (C=O) groups excluding carboxylic acids is 1. The Kier molecular flexibility index (Phi) is 7.01. The summed E-state index contributed by atoms with van der Waals surface area (Å²) in [6.07, 6.45) is 5.99. The van der Waals surface area contributed by atoms with E-state index < -0.39 is 0 Å². The Balaban J connectivity index is 1.23. The van der Waals surface area contributed by atoms with Crippen LogP contribution in [0, 0.1) is 17.8 Å². The summed E-state index contributed by atoms with van der Waals surface area (Å²) in [5, 5.41) is 0. The minimum absolute atomic E-state index is 0.105. The molecule has 1 aromatic carbocycles. The summed E-state index contributed by atoms with van der Waals surface area (Å²) in [5.41, 5.74) is 1.35.